The Morgan fingerprint density at radius 2 is 2.16 bits per heavy atom. The molecule has 0 saturated carbocycles. The summed E-state index contributed by atoms with van der Waals surface area (Å²) >= 11 is 0.844. The molecule has 0 spiro atoms. The van der Waals surface area contributed by atoms with Crippen LogP contribution in [-0.4, -0.2) is 28.5 Å². The molecule has 0 aliphatic heterocycles. The third-order valence-electron chi connectivity index (χ3n) is 2.24. The van der Waals surface area contributed by atoms with E-state index in [4.69, 9.17) is 5.11 Å². The zero-order chi connectivity index (χ0) is 14.6. The summed E-state index contributed by atoms with van der Waals surface area (Å²) in [4.78, 5) is 25.1. The van der Waals surface area contributed by atoms with E-state index in [0.29, 0.717) is 0 Å². The average Bonchev–Trinajstić information content (AvgIpc) is 2.76. The Morgan fingerprint density at radius 1 is 1.53 bits per heavy atom. The van der Waals surface area contributed by atoms with Crippen LogP contribution in [0.15, 0.2) is 5.38 Å². The summed E-state index contributed by atoms with van der Waals surface area (Å²) in [5.41, 5.74) is -0.960. The molecule has 0 aromatic carbocycles. The van der Waals surface area contributed by atoms with Gasteiger partial charge in [-0.25, -0.2) is 4.98 Å². The second kappa shape index (κ2) is 6.00. The van der Waals surface area contributed by atoms with Crippen molar-refractivity contribution in [3.63, 3.8) is 0 Å². The van der Waals surface area contributed by atoms with Gasteiger partial charge in [0.1, 0.15) is 5.92 Å². The fourth-order valence-electron chi connectivity index (χ4n) is 1.11. The zero-order valence-electron chi connectivity index (χ0n) is 9.82. The van der Waals surface area contributed by atoms with Gasteiger partial charge in [-0.05, 0) is 6.92 Å². The number of halogens is 3. The molecule has 0 radical (unpaired) electrons. The number of thiazole rings is 1. The molecule has 1 heterocycles. The Morgan fingerprint density at radius 3 is 2.63 bits per heavy atom. The highest BCUT2D eigenvalue weighted by Crippen LogP contribution is 2.29. The lowest BCUT2D eigenvalue weighted by Gasteiger charge is -2.07. The topological polar surface area (TPSA) is 79.3 Å². The van der Waals surface area contributed by atoms with E-state index < -0.39 is 29.7 Å². The summed E-state index contributed by atoms with van der Waals surface area (Å²) in [6, 6.07) is 0. The van der Waals surface area contributed by atoms with Crippen molar-refractivity contribution in [1.82, 2.24) is 10.3 Å². The van der Waals surface area contributed by atoms with Gasteiger partial charge in [-0.2, -0.15) is 13.2 Å². The number of alkyl halides is 3. The number of carboxylic acids is 1. The van der Waals surface area contributed by atoms with E-state index in [1.165, 1.54) is 6.92 Å². The summed E-state index contributed by atoms with van der Waals surface area (Å²) < 4.78 is 36.8. The van der Waals surface area contributed by atoms with Crippen LogP contribution in [0.2, 0.25) is 0 Å². The minimum Gasteiger partial charge on any atom is -0.481 e. The predicted molar refractivity (Wildman–Crippen MR) is 60.6 cm³/mol. The highest BCUT2D eigenvalue weighted by molar-refractivity contribution is 7.09. The van der Waals surface area contributed by atoms with Crippen LogP contribution in [0.4, 0.5) is 13.2 Å². The van der Waals surface area contributed by atoms with Gasteiger partial charge in [0.15, 0.2) is 5.69 Å². The minimum absolute atomic E-state index is 0.0429. The molecule has 106 valence electrons. The molecule has 0 saturated heterocycles. The molecule has 1 amide bonds. The van der Waals surface area contributed by atoms with Crippen LogP contribution < -0.4 is 5.32 Å². The molecular weight excluding hydrogens is 285 g/mol. The number of rotatable bonds is 5. The van der Waals surface area contributed by atoms with Crippen LogP contribution in [0.3, 0.4) is 0 Å². The van der Waals surface area contributed by atoms with E-state index in [1.54, 1.807) is 0 Å². The number of aliphatic carboxylic acids is 1. The number of amides is 1. The molecule has 1 aromatic rings. The molecule has 19 heavy (non-hydrogen) atoms. The summed E-state index contributed by atoms with van der Waals surface area (Å²) in [5, 5.41) is 12.0. The van der Waals surface area contributed by atoms with Crippen molar-refractivity contribution in [2.24, 2.45) is 5.92 Å². The summed E-state index contributed by atoms with van der Waals surface area (Å²) in [6.45, 7) is 1.27. The second-order valence-corrected chi connectivity index (χ2v) is 4.67. The van der Waals surface area contributed by atoms with Crippen LogP contribution >= 0.6 is 11.3 Å². The van der Waals surface area contributed by atoms with Gasteiger partial charge < -0.3 is 10.4 Å². The zero-order valence-corrected chi connectivity index (χ0v) is 10.6. The van der Waals surface area contributed by atoms with Crippen molar-refractivity contribution < 1.29 is 27.9 Å². The standard InChI is InChI=1S/C10H11F3N2O3S/c1-5(9(17)18)8(16)14-3-2-7-15-6(4-19-7)10(11,12)13/h4-5H,2-3H2,1H3,(H,14,16)(H,17,18). The first-order chi connectivity index (χ1) is 8.71. The van der Waals surface area contributed by atoms with E-state index in [0.717, 1.165) is 16.7 Å². The van der Waals surface area contributed by atoms with Gasteiger partial charge >= 0.3 is 12.1 Å². The highest BCUT2D eigenvalue weighted by atomic mass is 32.1. The number of hydrogen-bond donors (Lipinski definition) is 2. The van der Waals surface area contributed by atoms with Gasteiger partial charge in [0.2, 0.25) is 5.91 Å². The SMILES string of the molecule is CC(C(=O)O)C(=O)NCCc1nc(C(F)(F)F)cs1. The summed E-state index contributed by atoms with van der Waals surface area (Å²) in [5.74, 6) is -3.13. The predicted octanol–water partition coefficient (Wildman–Crippen LogP) is 1.54. The lowest BCUT2D eigenvalue weighted by molar-refractivity contribution is -0.146. The van der Waals surface area contributed by atoms with Crippen molar-refractivity contribution in [1.29, 1.82) is 0 Å². The third kappa shape index (κ3) is 4.51. The summed E-state index contributed by atoms with van der Waals surface area (Å²) in [6.07, 6.45) is -4.35. The Bertz CT molecular complexity index is 473. The van der Waals surface area contributed by atoms with Gasteiger partial charge in [0, 0.05) is 18.3 Å². The number of hydrogen-bond acceptors (Lipinski definition) is 4. The van der Waals surface area contributed by atoms with E-state index >= 15 is 0 Å². The van der Waals surface area contributed by atoms with Crippen LogP contribution in [-0.2, 0) is 22.2 Å². The normalized spacial score (nSPS) is 13.1. The quantitative estimate of drug-likeness (QED) is 0.808. The van der Waals surface area contributed by atoms with Crippen LogP contribution in [0.1, 0.15) is 17.6 Å². The average molecular weight is 296 g/mol. The first-order valence-electron chi connectivity index (χ1n) is 5.24. The smallest absolute Gasteiger partial charge is 0.434 e. The van der Waals surface area contributed by atoms with Crippen molar-refractivity contribution in [3.05, 3.63) is 16.1 Å². The molecule has 0 aliphatic rings. The van der Waals surface area contributed by atoms with Gasteiger partial charge in [-0.3, -0.25) is 9.59 Å². The van der Waals surface area contributed by atoms with Gasteiger partial charge in [-0.15, -0.1) is 11.3 Å². The Kier molecular flexibility index (Phi) is 4.87. The van der Waals surface area contributed by atoms with Crippen molar-refractivity contribution in [2.75, 3.05) is 6.54 Å². The van der Waals surface area contributed by atoms with Crippen molar-refractivity contribution >= 4 is 23.2 Å². The first kappa shape index (κ1) is 15.4. The molecule has 1 atom stereocenters. The number of carbonyl (C=O) groups is 2. The van der Waals surface area contributed by atoms with E-state index in [1.807, 2.05) is 0 Å². The van der Waals surface area contributed by atoms with Crippen LogP contribution in [0, 0.1) is 5.92 Å². The number of aromatic nitrogens is 1. The van der Waals surface area contributed by atoms with Crippen LogP contribution in [0.5, 0.6) is 0 Å². The lowest BCUT2D eigenvalue weighted by Crippen LogP contribution is -2.34. The van der Waals surface area contributed by atoms with E-state index in [-0.39, 0.29) is 18.0 Å². The van der Waals surface area contributed by atoms with Gasteiger partial charge in [0.25, 0.3) is 0 Å². The minimum atomic E-state index is -4.48. The maximum Gasteiger partial charge on any atom is 0.434 e. The number of carbonyl (C=O) groups excluding carboxylic acids is 1. The maximum atomic E-state index is 12.3. The molecule has 0 fully saturated rings. The Balaban J connectivity index is 2.44. The van der Waals surface area contributed by atoms with Gasteiger partial charge in [0.05, 0.1) is 5.01 Å². The molecule has 1 unspecified atom stereocenters. The molecule has 0 bridgehead atoms. The van der Waals surface area contributed by atoms with Gasteiger partial charge in [-0.1, -0.05) is 0 Å². The second-order valence-electron chi connectivity index (χ2n) is 3.73. The largest absolute Gasteiger partial charge is 0.481 e. The Labute approximate surface area is 110 Å². The van der Waals surface area contributed by atoms with E-state index in [9.17, 15) is 22.8 Å². The number of nitrogens with one attached hydrogen (secondary N) is 1. The van der Waals surface area contributed by atoms with Crippen molar-refractivity contribution in [2.45, 2.75) is 19.5 Å². The fraction of sp³-hybridized carbons (Fsp3) is 0.500. The molecular formula is C10H11F3N2O3S. The van der Waals surface area contributed by atoms with Crippen LogP contribution in [0.25, 0.3) is 0 Å². The first-order valence-corrected chi connectivity index (χ1v) is 6.12. The molecule has 0 aliphatic carbocycles. The lowest BCUT2D eigenvalue weighted by atomic mass is 10.2. The molecule has 1 rings (SSSR count). The molecule has 5 nitrogen and oxygen atoms in total. The molecule has 1 aromatic heterocycles. The Hall–Kier alpha value is -1.64. The highest BCUT2D eigenvalue weighted by Gasteiger charge is 2.33. The van der Waals surface area contributed by atoms with Crippen molar-refractivity contribution in [3.8, 4) is 0 Å². The fourth-order valence-corrected chi connectivity index (χ4v) is 1.92. The molecule has 9 heteroatoms. The number of carboxylic acid groups (broad SMARTS) is 1. The molecule has 2 N–H and O–H groups in total. The summed E-state index contributed by atoms with van der Waals surface area (Å²) in [7, 11) is 0. The van der Waals surface area contributed by atoms with E-state index in [2.05, 4.69) is 10.3 Å². The third-order valence-corrected chi connectivity index (χ3v) is 3.15. The maximum absolute atomic E-state index is 12.3. The monoisotopic (exact) mass is 296 g/mol. The number of nitrogens with zero attached hydrogens (tertiary/aromatic N) is 1.